The van der Waals surface area contributed by atoms with Crippen LogP contribution in [0.2, 0.25) is 0 Å². The van der Waals surface area contributed by atoms with Crippen LogP contribution in [0.5, 0.6) is 0 Å². The highest BCUT2D eigenvalue weighted by molar-refractivity contribution is 6.11. The normalized spacial score (nSPS) is 33.8. The van der Waals surface area contributed by atoms with E-state index in [0.29, 0.717) is 6.54 Å². The molecular weight excluding hydrogens is 340 g/mol. The van der Waals surface area contributed by atoms with E-state index in [9.17, 15) is 14.4 Å². The number of amides is 2. The van der Waals surface area contributed by atoms with Gasteiger partial charge in [-0.3, -0.25) is 24.2 Å². The van der Waals surface area contributed by atoms with Crippen molar-refractivity contribution in [2.24, 2.45) is 11.8 Å². The molecule has 1 aromatic rings. The Labute approximate surface area is 159 Å². The number of carbonyl (C=O) groups excluding carboxylic acids is 3. The zero-order valence-electron chi connectivity index (χ0n) is 15.3. The number of nitrogens with zero attached hydrogens (tertiary/aromatic N) is 2. The number of hydrogen-bond acceptors (Lipinski definition) is 4. The summed E-state index contributed by atoms with van der Waals surface area (Å²) in [4.78, 5) is 42.9. The fraction of sp³-hybridized carbons (Fsp3) is 0.500. The number of ketones is 1. The molecule has 2 amide bonds. The third-order valence-corrected chi connectivity index (χ3v) is 6.78. The van der Waals surface area contributed by atoms with Gasteiger partial charge in [-0.2, -0.15) is 0 Å². The molecule has 2 saturated heterocycles. The molecule has 3 fully saturated rings. The molecule has 5 nitrogen and oxygen atoms in total. The second kappa shape index (κ2) is 6.41. The van der Waals surface area contributed by atoms with Crippen LogP contribution in [0.15, 0.2) is 42.5 Å². The molecule has 1 aliphatic carbocycles. The second-order valence-corrected chi connectivity index (χ2v) is 8.24. The number of imide groups is 1. The van der Waals surface area contributed by atoms with Crippen LogP contribution in [0.25, 0.3) is 0 Å². The Morgan fingerprint density at radius 1 is 0.889 bits per heavy atom. The Balaban J connectivity index is 1.47. The van der Waals surface area contributed by atoms with Gasteiger partial charge in [-0.1, -0.05) is 55.7 Å². The molecule has 0 aromatic heterocycles. The third-order valence-electron chi connectivity index (χ3n) is 6.78. The molecule has 5 rings (SSSR count). The van der Waals surface area contributed by atoms with E-state index in [-0.39, 0.29) is 29.7 Å². The lowest BCUT2D eigenvalue weighted by molar-refractivity contribution is -0.146. The summed E-state index contributed by atoms with van der Waals surface area (Å²) in [5.41, 5.74) is 1.10. The summed E-state index contributed by atoms with van der Waals surface area (Å²) < 4.78 is 0. The van der Waals surface area contributed by atoms with Gasteiger partial charge in [-0.05, 0) is 24.5 Å². The zero-order chi connectivity index (χ0) is 18.5. The first-order chi connectivity index (χ1) is 13.2. The van der Waals surface area contributed by atoms with Crippen molar-refractivity contribution in [3.05, 3.63) is 48.0 Å². The van der Waals surface area contributed by atoms with Gasteiger partial charge in [-0.15, -0.1) is 0 Å². The van der Waals surface area contributed by atoms with E-state index in [1.807, 2.05) is 36.4 Å². The van der Waals surface area contributed by atoms with Crippen LogP contribution < -0.4 is 0 Å². The molecule has 5 heteroatoms. The van der Waals surface area contributed by atoms with E-state index in [1.54, 1.807) is 11.0 Å². The maximum Gasteiger partial charge on any atom is 0.235 e. The predicted molar refractivity (Wildman–Crippen MR) is 99.4 cm³/mol. The largest absolute Gasteiger partial charge is 0.293 e. The van der Waals surface area contributed by atoms with E-state index in [0.717, 1.165) is 31.2 Å². The molecule has 4 aliphatic rings. The fourth-order valence-corrected chi connectivity index (χ4v) is 5.58. The van der Waals surface area contributed by atoms with Gasteiger partial charge in [-0.25, -0.2) is 0 Å². The lowest BCUT2D eigenvalue weighted by Gasteiger charge is -2.36. The standard InChI is InChI=1S/C22H24N2O3/c25-17-12-11-16-18-19(20(17)23(16)13-14-7-3-1-4-8-14)22(27)24(21(18)26)15-9-5-2-6-10-15/h1,3-4,7-8,11-12,15-16,18-20H,2,5-6,9-10,13H2/t16-,18-,19-,20+/m0/s1. The van der Waals surface area contributed by atoms with E-state index in [2.05, 4.69) is 4.90 Å². The highest BCUT2D eigenvalue weighted by Crippen LogP contribution is 2.47. The van der Waals surface area contributed by atoms with Crippen LogP contribution in [0.4, 0.5) is 0 Å². The predicted octanol–water partition coefficient (Wildman–Crippen LogP) is 2.31. The molecule has 0 N–H and O–H groups in total. The van der Waals surface area contributed by atoms with Crippen molar-refractivity contribution in [1.82, 2.24) is 9.80 Å². The Kier molecular flexibility index (Phi) is 4.01. The van der Waals surface area contributed by atoms with Gasteiger partial charge in [0.05, 0.1) is 17.9 Å². The third kappa shape index (κ3) is 2.52. The van der Waals surface area contributed by atoms with Crippen LogP contribution >= 0.6 is 0 Å². The highest BCUT2D eigenvalue weighted by atomic mass is 16.2. The van der Waals surface area contributed by atoms with E-state index < -0.39 is 17.9 Å². The monoisotopic (exact) mass is 364 g/mol. The van der Waals surface area contributed by atoms with E-state index >= 15 is 0 Å². The van der Waals surface area contributed by atoms with Crippen molar-refractivity contribution in [3.8, 4) is 0 Å². The molecule has 0 spiro atoms. The van der Waals surface area contributed by atoms with Crippen molar-refractivity contribution >= 4 is 17.6 Å². The summed E-state index contributed by atoms with van der Waals surface area (Å²) in [6.07, 6.45) is 8.57. The average Bonchev–Trinajstić information content (AvgIpc) is 3.07. The van der Waals surface area contributed by atoms with Crippen LogP contribution in [0, 0.1) is 11.8 Å². The smallest absolute Gasteiger partial charge is 0.235 e. The molecule has 2 bridgehead atoms. The first-order valence-electron chi connectivity index (χ1n) is 10.1. The summed E-state index contributed by atoms with van der Waals surface area (Å²) >= 11 is 0. The van der Waals surface area contributed by atoms with Gasteiger partial charge in [0, 0.05) is 18.6 Å². The fourth-order valence-electron chi connectivity index (χ4n) is 5.58. The summed E-state index contributed by atoms with van der Waals surface area (Å²) in [5, 5.41) is 0. The van der Waals surface area contributed by atoms with Crippen LogP contribution in [0.3, 0.4) is 0 Å². The Morgan fingerprint density at radius 3 is 2.33 bits per heavy atom. The topological polar surface area (TPSA) is 57.7 Å². The number of rotatable bonds is 3. The van der Waals surface area contributed by atoms with Gasteiger partial charge in [0.25, 0.3) is 0 Å². The lowest BCUT2D eigenvalue weighted by atomic mass is 9.90. The second-order valence-electron chi connectivity index (χ2n) is 8.24. The quantitative estimate of drug-likeness (QED) is 0.773. The van der Waals surface area contributed by atoms with E-state index in [1.165, 1.54) is 6.42 Å². The van der Waals surface area contributed by atoms with Crippen LogP contribution in [-0.4, -0.2) is 45.5 Å². The van der Waals surface area contributed by atoms with Crippen molar-refractivity contribution < 1.29 is 14.4 Å². The molecule has 0 radical (unpaired) electrons. The molecule has 4 atom stereocenters. The molecule has 3 heterocycles. The van der Waals surface area contributed by atoms with Crippen LogP contribution in [-0.2, 0) is 20.9 Å². The maximum atomic E-state index is 13.3. The maximum absolute atomic E-state index is 13.3. The summed E-state index contributed by atoms with van der Waals surface area (Å²) in [5.74, 6) is -1.13. The number of carbonyl (C=O) groups is 3. The highest BCUT2D eigenvalue weighted by Gasteiger charge is 2.64. The minimum absolute atomic E-state index is 0.0340. The first-order valence-corrected chi connectivity index (χ1v) is 10.1. The average molecular weight is 364 g/mol. The molecular formula is C22H24N2O3. The Bertz CT molecular complexity index is 812. The van der Waals surface area contributed by atoms with E-state index in [4.69, 9.17) is 0 Å². The number of likely N-dealkylation sites (tertiary alicyclic amines) is 1. The van der Waals surface area contributed by atoms with Gasteiger partial charge < -0.3 is 0 Å². The van der Waals surface area contributed by atoms with Gasteiger partial charge >= 0.3 is 0 Å². The summed E-state index contributed by atoms with van der Waals surface area (Å²) in [7, 11) is 0. The van der Waals surface area contributed by atoms with Crippen molar-refractivity contribution in [3.63, 3.8) is 0 Å². The molecule has 27 heavy (non-hydrogen) atoms. The molecule has 3 aliphatic heterocycles. The van der Waals surface area contributed by atoms with Gasteiger partial charge in [0.2, 0.25) is 11.8 Å². The van der Waals surface area contributed by atoms with Crippen molar-refractivity contribution in [2.75, 3.05) is 0 Å². The minimum atomic E-state index is -0.518. The summed E-state index contributed by atoms with van der Waals surface area (Å²) in [6.45, 7) is 0.587. The summed E-state index contributed by atoms with van der Waals surface area (Å²) in [6, 6.07) is 9.32. The first kappa shape index (κ1) is 16.9. The van der Waals surface area contributed by atoms with Crippen molar-refractivity contribution in [1.29, 1.82) is 0 Å². The zero-order valence-corrected chi connectivity index (χ0v) is 15.3. The molecule has 1 aromatic carbocycles. The van der Waals surface area contributed by atoms with Crippen LogP contribution in [0.1, 0.15) is 37.7 Å². The number of fused-ring (bicyclic) bond motifs is 5. The minimum Gasteiger partial charge on any atom is -0.293 e. The Morgan fingerprint density at radius 2 is 1.59 bits per heavy atom. The van der Waals surface area contributed by atoms with Gasteiger partial charge in [0.15, 0.2) is 5.78 Å². The number of hydrogen-bond donors (Lipinski definition) is 0. The number of benzene rings is 1. The molecule has 1 saturated carbocycles. The lowest BCUT2D eigenvalue weighted by Crippen LogP contribution is -2.50. The Hall–Kier alpha value is -2.27. The van der Waals surface area contributed by atoms with Gasteiger partial charge in [0.1, 0.15) is 0 Å². The van der Waals surface area contributed by atoms with Crippen molar-refractivity contribution in [2.45, 2.75) is 56.8 Å². The molecule has 140 valence electrons. The molecule has 0 unspecified atom stereocenters. The SMILES string of the molecule is O=C1C=C[C@H]2[C@@H]3C(=O)N(C4CCCCC4)C(=O)[C@@H]3[C@@H]1N2Cc1ccccc1.